The minimum Gasteiger partial charge on any atom is -0.311 e. The number of hydrogen-bond acceptors (Lipinski definition) is 3. The number of hydrogen-bond donors (Lipinski definition) is 0. The summed E-state index contributed by atoms with van der Waals surface area (Å²) in [6.07, 6.45) is 7.78. The lowest BCUT2D eigenvalue weighted by Crippen LogP contribution is -2.09. The van der Waals surface area contributed by atoms with E-state index in [1.807, 2.05) is 97.1 Å². The molecule has 7 aromatic carbocycles. The van der Waals surface area contributed by atoms with Crippen LogP contribution in [0.1, 0.15) is 27.8 Å². The minimum absolute atomic E-state index is 0.488. The normalized spacial score (nSPS) is 10.9. The maximum atomic E-state index is 10.1. The molecule has 0 fully saturated rings. The zero-order valence-corrected chi connectivity index (χ0v) is 28.4. The third-order valence-electron chi connectivity index (χ3n) is 8.71. The molecule has 0 aromatic heterocycles. The SMILES string of the molecule is [C-]#[N+]c1cc(/C=C/c2ccc(N(c3ccccc3)c3ccccc3)cc2)c(C#N)cc1/C=C/c1ccc(N(c2ccccc2)c2ccccc2)cc1. The number of nitrogens with zero attached hydrogens (tertiary/aromatic N) is 4. The van der Waals surface area contributed by atoms with E-state index in [2.05, 4.69) is 118 Å². The molecular weight excluding hydrogens is 633 g/mol. The van der Waals surface area contributed by atoms with Gasteiger partial charge in [-0.05, 0) is 107 Å². The van der Waals surface area contributed by atoms with Crippen molar-refractivity contribution in [1.29, 1.82) is 5.26 Å². The molecule has 0 radical (unpaired) electrons. The second kappa shape index (κ2) is 15.9. The van der Waals surface area contributed by atoms with Crippen molar-refractivity contribution in [3.8, 4) is 6.07 Å². The molecule has 0 aliphatic rings. The molecule has 0 saturated heterocycles. The van der Waals surface area contributed by atoms with Crippen LogP contribution in [0.15, 0.2) is 182 Å². The maximum absolute atomic E-state index is 10.1. The fraction of sp³-hybridized carbons (Fsp3) is 0. The van der Waals surface area contributed by atoms with Gasteiger partial charge in [-0.1, -0.05) is 121 Å². The van der Waals surface area contributed by atoms with Crippen molar-refractivity contribution in [2.75, 3.05) is 9.80 Å². The van der Waals surface area contributed by atoms with E-state index in [-0.39, 0.29) is 0 Å². The highest BCUT2D eigenvalue weighted by Gasteiger charge is 2.13. The standard InChI is InChI=1S/C48H34N4/c1-50-48-35-39(28-22-37-24-30-46(31-25-37)51(42-14-6-2-7-15-42)43-16-8-3-9-17-43)41(36-49)34-40(48)29-23-38-26-32-47(33-27-38)52(44-18-10-4-11-19-44)45-20-12-5-13-21-45/h2-35H/b28-22+,29-23+. The summed E-state index contributed by atoms with van der Waals surface area (Å²) in [6.45, 7) is 7.91. The molecule has 7 rings (SSSR count). The Morgan fingerprint density at radius 2 is 0.769 bits per heavy atom. The van der Waals surface area contributed by atoms with Crippen LogP contribution in [0.25, 0.3) is 29.1 Å². The molecule has 0 saturated carbocycles. The van der Waals surface area contributed by atoms with Gasteiger partial charge >= 0.3 is 0 Å². The lowest BCUT2D eigenvalue weighted by Gasteiger charge is -2.25. The van der Waals surface area contributed by atoms with Gasteiger partial charge in [0.15, 0.2) is 5.69 Å². The monoisotopic (exact) mass is 666 g/mol. The number of anilines is 6. The molecule has 7 aromatic rings. The van der Waals surface area contributed by atoms with E-state index in [4.69, 9.17) is 6.57 Å². The summed E-state index contributed by atoms with van der Waals surface area (Å²) in [6, 6.07) is 63.7. The highest BCUT2D eigenvalue weighted by molar-refractivity contribution is 5.84. The Hall–Kier alpha value is -7.40. The molecule has 0 atom stereocenters. The maximum Gasteiger partial charge on any atom is 0.194 e. The highest BCUT2D eigenvalue weighted by Crippen LogP contribution is 2.36. The molecule has 0 aliphatic carbocycles. The summed E-state index contributed by atoms with van der Waals surface area (Å²) < 4.78 is 0. The topological polar surface area (TPSA) is 34.6 Å². The Morgan fingerprint density at radius 3 is 1.12 bits per heavy atom. The van der Waals surface area contributed by atoms with Crippen LogP contribution in [-0.2, 0) is 0 Å². The molecule has 0 bridgehead atoms. The second-order valence-corrected chi connectivity index (χ2v) is 12.1. The van der Waals surface area contributed by atoms with E-state index in [1.165, 1.54) is 0 Å². The van der Waals surface area contributed by atoms with Crippen molar-refractivity contribution in [2.24, 2.45) is 0 Å². The zero-order chi connectivity index (χ0) is 35.5. The van der Waals surface area contributed by atoms with Crippen LogP contribution in [0.3, 0.4) is 0 Å². The van der Waals surface area contributed by atoms with Crippen LogP contribution in [0.5, 0.6) is 0 Å². The fourth-order valence-corrected chi connectivity index (χ4v) is 6.13. The third-order valence-corrected chi connectivity index (χ3v) is 8.71. The average Bonchev–Trinajstić information content (AvgIpc) is 3.22. The van der Waals surface area contributed by atoms with Gasteiger partial charge < -0.3 is 9.80 Å². The van der Waals surface area contributed by atoms with Crippen LogP contribution in [-0.4, -0.2) is 0 Å². The van der Waals surface area contributed by atoms with E-state index >= 15 is 0 Å². The van der Waals surface area contributed by atoms with Gasteiger partial charge in [-0.2, -0.15) is 5.26 Å². The van der Waals surface area contributed by atoms with Gasteiger partial charge in [0.1, 0.15) is 0 Å². The van der Waals surface area contributed by atoms with E-state index < -0.39 is 0 Å². The highest BCUT2D eigenvalue weighted by atomic mass is 15.1. The summed E-state index contributed by atoms with van der Waals surface area (Å²) >= 11 is 0. The molecule has 0 N–H and O–H groups in total. The van der Waals surface area contributed by atoms with E-state index in [0.717, 1.165) is 45.3 Å². The van der Waals surface area contributed by atoms with Crippen LogP contribution in [0.4, 0.5) is 39.8 Å². The minimum atomic E-state index is 0.488. The fourth-order valence-electron chi connectivity index (χ4n) is 6.13. The predicted molar refractivity (Wildman–Crippen MR) is 218 cm³/mol. The van der Waals surface area contributed by atoms with Crippen LogP contribution in [0, 0.1) is 17.9 Å². The third kappa shape index (κ3) is 7.58. The summed E-state index contributed by atoms with van der Waals surface area (Å²) in [4.78, 5) is 8.24. The lowest BCUT2D eigenvalue weighted by molar-refractivity contribution is 1.28. The van der Waals surface area contributed by atoms with Crippen molar-refractivity contribution in [3.05, 3.63) is 221 Å². The number of rotatable bonds is 10. The zero-order valence-electron chi connectivity index (χ0n) is 28.4. The molecule has 0 spiro atoms. The number of nitriles is 1. The van der Waals surface area contributed by atoms with E-state index in [0.29, 0.717) is 22.4 Å². The van der Waals surface area contributed by atoms with E-state index in [9.17, 15) is 5.26 Å². The van der Waals surface area contributed by atoms with Gasteiger partial charge in [0.05, 0.1) is 18.2 Å². The molecule has 4 nitrogen and oxygen atoms in total. The second-order valence-electron chi connectivity index (χ2n) is 12.1. The van der Waals surface area contributed by atoms with E-state index in [1.54, 1.807) is 12.1 Å². The van der Waals surface area contributed by atoms with Crippen LogP contribution >= 0.6 is 0 Å². The first-order valence-electron chi connectivity index (χ1n) is 17.0. The van der Waals surface area contributed by atoms with Crippen LogP contribution in [0.2, 0.25) is 0 Å². The van der Waals surface area contributed by atoms with Gasteiger partial charge in [0.2, 0.25) is 0 Å². The average molecular weight is 667 g/mol. The largest absolute Gasteiger partial charge is 0.311 e. The Bertz CT molecular complexity index is 2130. The van der Waals surface area contributed by atoms with Crippen molar-refractivity contribution in [1.82, 2.24) is 0 Å². The van der Waals surface area contributed by atoms with Gasteiger partial charge in [0.25, 0.3) is 0 Å². The van der Waals surface area contributed by atoms with Crippen molar-refractivity contribution < 1.29 is 0 Å². The predicted octanol–water partition coefficient (Wildman–Crippen LogP) is 13.4. The first-order valence-corrected chi connectivity index (χ1v) is 17.0. The van der Waals surface area contributed by atoms with Gasteiger partial charge in [0, 0.05) is 34.1 Å². The number of benzene rings is 7. The summed E-state index contributed by atoms with van der Waals surface area (Å²) in [7, 11) is 0. The molecule has 0 heterocycles. The first kappa shape index (κ1) is 33.1. The quantitative estimate of drug-likeness (QED) is 0.108. The lowest BCUT2D eigenvalue weighted by atomic mass is 10.0. The smallest absolute Gasteiger partial charge is 0.194 e. The Balaban J connectivity index is 1.10. The van der Waals surface area contributed by atoms with Crippen molar-refractivity contribution >= 4 is 64.1 Å². The molecule has 0 unspecified atom stereocenters. The Kier molecular flexibility index (Phi) is 10.1. The van der Waals surface area contributed by atoms with Gasteiger partial charge in [-0.3, -0.25) is 0 Å². The van der Waals surface area contributed by atoms with Gasteiger partial charge in [-0.25, -0.2) is 4.85 Å². The summed E-state index contributed by atoms with van der Waals surface area (Å²) in [5.41, 5.74) is 10.8. The molecular formula is C48H34N4. The van der Waals surface area contributed by atoms with Crippen LogP contribution < -0.4 is 9.80 Å². The molecule has 0 amide bonds. The Morgan fingerprint density at radius 1 is 0.423 bits per heavy atom. The molecule has 0 aliphatic heterocycles. The number of para-hydroxylation sites is 4. The Labute approximate surface area is 305 Å². The molecule has 246 valence electrons. The van der Waals surface area contributed by atoms with Crippen molar-refractivity contribution in [3.63, 3.8) is 0 Å². The molecule has 4 heteroatoms. The van der Waals surface area contributed by atoms with Gasteiger partial charge in [-0.15, -0.1) is 0 Å². The summed E-state index contributed by atoms with van der Waals surface area (Å²) in [5, 5.41) is 10.1. The molecule has 52 heavy (non-hydrogen) atoms. The first-order chi connectivity index (χ1) is 25.7. The summed E-state index contributed by atoms with van der Waals surface area (Å²) in [5.74, 6) is 0. The van der Waals surface area contributed by atoms with Crippen molar-refractivity contribution in [2.45, 2.75) is 0 Å².